The molecule has 0 bridgehead atoms. The summed E-state index contributed by atoms with van der Waals surface area (Å²) in [5.41, 5.74) is 3.00. The molecule has 3 rings (SSSR count). The minimum Gasteiger partial charge on any atom is -0.480 e. The molecule has 0 amide bonds. The molecular weight excluding hydrogens is 329 g/mol. The van der Waals surface area contributed by atoms with E-state index in [4.69, 9.17) is 9.52 Å². The van der Waals surface area contributed by atoms with Crippen LogP contribution in [0.25, 0.3) is 22.5 Å². The third-order valence-electron chi connectivity index (χ3n) is 3.14. The van der Waals surface area contributed by atoms with Crippen molar-refractivity contribution in [3.05, 3.63) is 66.9 Å². The van der Waals surface area contributed by atoms with Crippen LogP contribution in [0, 0.1) is 5.82 Å². The number of aliphatic carboxylic acids is 1. The van der Waals surface area contributed by atoms with Gasteiger partial charge in [0.05, 0.1) is 11.4 Å². The zero-order valence-corrected chi connectivity index (χ0v) is 13.8. The molecule has 3 aromatic rings. The van der Waals surface area contributed by atoms with Crippen LogP contribution in [0.2, 0.25) is 0 Å². The molecular formula is C18H16FNO3S. The predicted molar refractivity (Wildman–Crippen MR) is 93.4 cm³/mol. The maximum atomic E-state index is 12.8. The number of carboxylic acid groups (broad SMARTS) is 1. The first kappa shape index (κ1) is 17.7. The van der Waals surface area contributed by atoms with E-state index in [0.717, 1.165) is 22.5 Å². The highest BCUT2D eigenvalue weighted by Crippen LogP contribution is 2.24. The van der Waals surface area contributed by atoms with E-state index in [-0.39, 0.29) is 5.82 Å². The molecule has 0 saturated carbocycles. The van der Waals surface area contributed by atoms with Crippen LogP contribution >= 0.6 is 12.6 Å². The van der Waals surface area contributed by atoms with Gasteiger partial charge in [0.25, 0.3) is 0 Å². The zero-order valence-electron chi connectivity index (χ0n) is 12.9. The van der Waals surface area contributed by atoms with Gasteiger partial charge in [0.15, 0.2) is 12.2 Å². The highest BCUT2D eigenvalue weighted by atomic mass is 32.1. The molecule has 1 atom stereocenters. The summed E-state index contributed by atoms with van der Waals surface area (Å²) in [6.07, 6.45) is 3.08. The minimum absolute atomic E-state index is 0.225. The van der Waals surface area contributed by atoms with Gasteiger partial charge in [-0.2, -0.15) is 12.6 Å². The summed E-state index contributed by atoms with van der Waals surface area (Å²) >= 11 is 3.59. The van der Waals surface area contributed by atoms with Gasteiger partial charge in [-0.3, -0.25) is 4.79 Å². The number of carbonyl (C=O) groups is 1. The van der Waals surface area contributed by atoms with Gasteiger partial charge in [-0.05, 0) is 30.2 Å². The molecule has 1 unspecified atom stereocenters. The summed E-state index contributed by atoms with van der Waals surface area (Å²) in [5, 5.41) is 7.38. The molecule has 0 aliphatic heterocycles. The summed E-state index contributed by atoms with van der Waals surface area (Å²) in [6.45, 7) is 1.51. The molecule has 4 nitrogen and oxygen atoms in total. The second-order valence-corrected chi connectivity index (χ2v) is 5.74. The molecule has 6 heteroatoms. The summed E-state index contributed by atoms with van der Waals surface area (Å²) < 4.78 is 18.1. The van der Waals surface area contributed by atoms with Gasteiger partial charge in [-0.15, -0.1) is 0 Å². The molecule has 0 radical (unpaired) electrons. The summed E-state index contributed by atoms with van der Waals surface area (Å²) in [5.74, 6) is -0.365. The van der Waals surface area contributed by atoms with E-state index < -0.39 is 11.2 Å². The number of hydrogen-bond donors (Lipinski definition) is 2. The lowest BCUT2D eigenvalue weighted by Gasteiger charge is -2.02. The van der Waals surface area contributed by atoms with Crippen LogP contribution in [-0.2, 0) is 4.79 Å². The fourth-order valence-electron chi connectivity index (χ4n) is 1.83. The van der Waals surface area contributed by atoms with Crippen molar-refractivity contribution >= 4 is 18.6 Å². The monoisotopic (exact) mass is 345 g/mol. The van der Waals surface area contributed by atoms with Crippen molar-refractivity contribution in [1.82, 2.24) is 4.98 Å². The lowest BCUT2D eigenvalue weighted by Crippen LogP contribution is -2.06. The van der Waals surface area contributed by atoms with Crippen LogP contribution in [-0.4, -0.2) is 21.3 Å². The maximum Gasteiger partial charge on any atom is 0.316 e. The van der Waals surface area contributed by atoms with Crippen molar-refractivity contribution in [2.24, 2.45) is 0 Å². The average molecular weight is 345 g/mol. The first-order valence-electron chi connectivity index (χ1n) is 7.13. The average Bonchev–Trinajstić information content (AvgIpc) is 3.11. The fraction of sp³-hybridized carbons (Fsp3) is 0.111. The van der Waals surface area contributed by atoms with Crippen LogP contribution < -0.4 is 0 Å². The summed E-state index contributed by atoms with van der Waals surface area (Å²) in [7, 11) is 0. The molecule has 1 N–H and O–H groups in total. The largest absolute Gasteiger partial charge is 0.480 e. The Morgan fingerprint density at radius 3 is 1.96 bits per heavy atom. The standard InChI is InChI=1S/C15H10FNO.C3H6O2S/c16-14-7-5-12(6-8-14)11-1-3-13(4-2-11)15-9-17-10-18-15;1-2(6)3(4)5/h1-10H;2,6H,1H3,(H,4,5). The van der Waals surface area contributed by atoms with Crippen molar-refractivity contribution in [2.75, 3.05) is 0 Å². The van der Waals surface area contributed by atoms with E-state index in [9.17, 15) is 9.18 Å². The highest BCUT2D eigenvalue weighted by Gasteiger charge is 2.02. The molecule has 124 valence electrons. The molecule has 0 aliphatic carbocycles. The van der Waals surface area contributed by atoms with Crippen molar-refractivity contribution in [3.8, 4) is 22.5 Å². The third kappa shape index (κ3) is 4.96. The molecule has 24 heavy (non-hydrogen) atoms. The smallest absolute Gasteiger partial charge is 0.316 e. The number of nitrogens with zero attached hydrogens (tertiary/aromatic N) is 1. The number of oxazole rings is 1. The van der Waals surface area contributed by atoms with Crippen LogP contribution in [0.15, 0.2) is 65.5 Å². The topological polar surface area (TPSA) is 63.3 Å². The van der Waals surface area contributed by atoms with Gasteiger partial charge in [-0.1, -0.05) is 36.4 Å². The number of aromatic nitrogens is 1. The Labute approximate surface area is 144 Å². The molecule has 1 aromatic heterocycles. The van der Waals surface area contributed by atoms with E-state index in [1.165, 1.54) is 25.5 Å². The van der Waals surface area contributed by atoms with E-state index >= 15 is 0 Å². The van der Waals surface area contributed by atoms with Gasteiger partial charge in [-0.25, -0.2) is 9.37 Å². The predicted octanol–water partition coefficient (Wildman–Crippen LogP) is 4.54. The lowest BCUT2D eigenvalue weighted by atomic mass is 10.0. The van der Waals surface area contributed by atoms with E-state index in [1.54, 1.807) is 18.3 Å². The number of benzene rings is 2. The Morgan fingerprint density at radius 1 is 1.08 bits per heavy atom. The van der Waals surface area contributed by atoms with Crippen LogP contribution in [0.4, 0.5) is 4.39 Å². The Balaban J connectivity index is 0.000000301. The van der Waals surface area contributed by atoms with E-state index in [0.29, 0.717) is 0 Å². The normalized spacial score (nSPS) is 11.3. The van der Waals surface area contributed by atoms with Crippen molar-refractivity contribution in [2.45, 2.75) is 12.2 Å². The Hall–Kier alpha value is -2.60. The van der Waals surface area contributed by atoms with Crippen LogP contribution in [0.1, 0.15) is 6.92 Å². The third-order valence-corrected chi connectivity index (χ3v) is 3.36. The second-order valence-electron chi connectivity index (χ2n) is 4.96. The van der Waals surface area contributed by atoms with Gasteiger partial charge < -0.3 is 9.52 Å². The number of hydrogen-bond acceptors (Lipinski definition) is 4. The molecule has 0 spiro atoms. The van der Waals surface area contributed by atoms with Crippen molar-refractivity contribution < 1.29 is 18.7 Å². The minimum atomic E-state index is -0.877. The Kier molecular flexibility index (Phi) is 6.14. The SMILES string of the molecule is CC(S)C(=O)O.Fc1ccc(-c2ccc(-c3cnco3)cc2)cc1. The van der Waals surface area contributed by atoms with E-state index in [2.05, 4.69) is 17.6 Å². The van der Waals surface area contributed by atoms with Gasteiger partial charge >= 0.3 is 5.97 Å². The van der Waals surface area contributed by atoms with Gasteiger partial charge in [0.1, 0.15) is 5.82 Å². The number of halogens is 1. The van der Waals surface area contributed by atoms with Crippen LogP contribution in [0.5, 0.6) is 0 Å². The first-order valence-corrected chi connectivity index (χ1v) is 7.64. The highest BCUT2D eigenvalue weighted by molar-refractivity contribution is 7.81. The molecule has 0 fully saturated rings. The fourth-order valence-corrected chi connectivity index (χ4v) is 1.83. The molecule has 0 saturated heterocycles. The molecule has 1 heterocycles. The summed E-state index contributed by atoms with van der Waals surface area (Å²) in [4.78, 5) is 13.5. The number of carboxylic acids is 1. The van der Waals surface area contributed by atoms with Crippen LogP contribution in [0.3, 0.4) is 0 Å². The zero-order chi connectivity index (χ0) is 17.5. The Morgan fingerprint density at radius 2 is 1.54 bits per heavy atom. The van der Waals surface area contributed by atoms with E-state index in [1.807, 2.05) is 24.3 Å². The first-order chi connectivity index (χ1) is 11.5. The summed E-state index contributed by atoms with van der Waals surface area (Å²) in [6, 6.07) is 14.3. The lowest BCUT2D eigenvalue weighted by molar-refractivity contribution is -0.136. The quantitative estimate of drug-likeness (QED) is 0.684. The van der Waals surface area contributed by atoms with Gasteiger partial charge in [0.2, 0.25) is 0 Å². The second kappa shape index (κ2) is 8.31. The molecule has 2 aromatic carbocycles. The van der Waals surface area contributed by atoms with Crippen molar-refractivity contribution in [1.29, 1.82) is 0 Å². The molecule has 0 aliphatic rings. The van der Waals surface area contributed by atoms with Gasteiger partial charge in [0, 0.05) is 5.56 Å². The number of thiol groups is 1. The Bertz CT molecular complexity index is 769. The maximum absolute atomic E-state index is 12.8. The number of rotatable bonds is 3. The van der Waals surface area contributed by atoms with Crippen molar-refractivity contribution in [3.63, 3.8) is 0 Å².